The third kappa shape index (κ3) is 2.49. The van der Waals surface area contributed by atoms with Crippen LogP contribution in [0.25, 0.3) is 0 Å². The first-order valence-electron chi connectivity index (χ1n) is 4.75. The molecule has 78 valence electrons. The number of hydrogen-bond acceptors (Lipinski definition) is 2. The van der Waals surface area contributed by atoms with E-state index in [1.54, 1.807) is 0 Å². The molecular formula is C11H16BrNO. The Morgan fingerprint density at radius 3 is 2.71 bits per heavy atom. The molecule has 0 radical (unpaired) electrons. The minimum Gasteiger partial charge on any atom is -0.507 e. The van der Waals surface area contributed by atoms with Gasteiger partial charge in [0.1, 0.15) is 5.75 Å². The van der Waals surface area contributed by atoms with Crippen LogP contribution in [0.1, 0.15) is 30.4 Å². The van der Waals surface area contributed by atoms with E-state index in [1.165, 1.54) is 11.1 Å². The quantitative estimate of drug-likeness (QED) is 0.875. The first-order chi connectivity index (χ1) is 6.56. The van der Waals surface area contributed by atoms with E-state index in [1.807, 2.05) is 19.1 Å². The van der Waals surface area contributed by atoms with Gasteiger partial charge in [0.25, 0.3) is 0 Å². The summed E-state index contributed by atoms with van der Waals surface area (Å²) >= 11 is 3.29. The van der Waals surface area contributed by atoms with E-state index in [9.17, 15) is 5.11 Å². The monoisotopic (exact) mass is 257 g/mol. The maximum atomic E-state index is 9.56. The van der Waals surface area contributed by atoms with Crippen molar-refractivity contribution in [3.8, 4) is 5.75 Å². The van der Waals surface area contributed by atoms with E-state index in [4.69, 9.17) is 5.73 Å². The summed E-state index contributed by atoms with van der Waals surface area (Å²) in [5, 5.41) is 9.56. The summed E-state index contributed by atoms with van der Waals surface area (Å²) in [6, 6.07) is 3.76. The van der Waals surface area contributed by atoms with Crippen molar-refractivity contribution in [1.82, 2.24) is 0 Å². The molecule has 0 aliphatic heterocycles. The van der Waals surface area contributed by atoms with Gasteiger partial charge in [0, 0.05) is 0 Å². The highest BCUT2D eigenvalue weighted by Gasteiger charge is 2.10. The molecule has 0 saturated heterocycles. The molecular weight excluding hydrogens is 242 g/mol. The molecule has 0 spiro atoms. The number of nitrogens with two attached hydrogens (primary N) is 1. The van der Waals surface area contributed by atoms with Crippen molar-refractivity contribution in [3.05, 3.63) is 27.7 Å². The number of benzene rings is 1. The fourth-order valence-corrected chi connectivity index (χ4v) is 2.07. The van der Waals surface area contributed by atoms with Crippen LogP contribution in [0.3, 0.4) is 0 Å². The van der Waals surface area contributed by atoms with Crippen LogP contribution in [0, 0.1) is 6.92 Å². The van der Waals surface area contributed by atoms with Crippen molar-refractivity contribution < 1.29 is 5.11 Å². The predicted molar refractivity (Wildman–Crippen MR) is 62.6 cm³/mol. The van der Waals surface area contributed by atoms with Gasteiger partial charge in [-0.25, -0.2) is 0 Å². The summed E-state index contributed by atoms with van der Waals surface area (Å²) < 4.78 is 0.749. The van der Waals surface area contributed by atoms with Crippen LogP contribution >= 0.6 is 15.9 Å². The van der Waals surface area contributed by atoms with Crippen LogP contribution in [0.4, 0.5) is 0 Å². The molecule has 0 fully saturated rings. The summed E-state index contributed by atoms with van der Waals surface area (Å²) in [5.74, 6) is 0.702. The average Bonchev–Trinajstić information content (AvgIpc) is 2.11. The van der Waals surface area contributed by atoms with Gasteiger partial charge in [-0.05, 0) is 65.0 Å². The van der Waals surface area contributed by atoms with Gasteiger partial charge in [-0.3, -0.25) is 0 Å². The van der Waals surface area contributed by atoms with E-state index in [0.717, 1.165) is 10.9 Å². The summed E-state index contributed by atoms with van der Waals surface area (Å²) in [6.45, 7) is 4.85. The Morgan fingerprint density at radius 1 is 1.50 bits per heavy atom. The summed E-state index contributed by atoms with van der Waals surface area (Å²) in [7, 11) is 0. The molecule has 1 aromatic carbocycles. The summed E-state index contributed by atoms with van der Waals surface area (Å²) in [6.07, 6.45) is 0.946. The number of phenolic OH excluding ortho intramolecular Hbond substituents is 1. The lowest BCUT2D eigenvalue weighted by atomic mass is 9.93. The van der Waals surface area contributed by atoms with Crippen LogP contribution < -0.4 is 5.73 Å². The standard InChI is InChI=1S/C11H16BrNO/c1-7(3-4-13)9-6-11(14)10(12)5-8(9)2/h5-7,14H,3-4,13H2,1-2H3. The fraction of sp³-hybridized carbons (Fsp3) is 0.455. The fourth-order valence-electron chi connectivity index (χ4n) is 1.61. The average molecular weight is 258 g/mol. The van der Waals surface area contributed by atoms with Gasteiger partial charge in [0.2, 0.25) is 0 Å². The van der Waals surface area contributed by atoms with Gasteiger partial charge < -0.3 is 10.8 Å². The lowest BCUT2D eigenvalue weighted by Crippen LogP contribution is -2.05. The molecule has 3 heteroatoms. The molecule has 2 nitrogen and oxygen atoms in total. The zero-order valence-electron chi connectivity index (χ0n) is 8.55. The molecule has 0 aliphatic carbocycles. The van der Waals surface area contributed by atoms with Crippen molar-refractivity contribution >= 4 is 15.9 Å². The Morgan fingerprint density at radius 2 is 2.14 bits per heavy atom. The number of rotatable bonds is 3. The second-order valence-corrected chi connectivity index (χ2v) is 4.49. The maximum Gasteiger partial charge on any atom is 0.130 e. The molecule has 0 heterocycles. The van der Waals surface area contributed by atoms with Crippen LogP contribution in [0.15, 0.2) is 16.6 Å². The van der Waals surface area contributed by atoms with Crippen LogP contribution in [0.2, 0.25) is 0 Å². The van der Waals surface area contributed by atoms with Gasteiger partial charge in [-0.2, -0.15) is 0 Å². The molecule has 1 atom stereocenters. The SMILES string of the molecule is Cc1cc(Br)c(O)cc1C(C)CCN. The van der Waals surface area contributed by atoms with Crippen LogP contribution in [-0.2, 0) is 0 Å². The van der Waals surface area contributed by atoms with Crippen molar-refractivity contribution in [1.29, 1.82) is 0 Å². The van der Waals surface area contributed by atoms with Crippen molar-refractivity contribution in [2.45, 2.75) is 26.2 Å². The molecule has 3 N–H and O–H groups in total. The minimum absolute atomic E-state index is 0.300. The number of phenols is 1. The minimum atomic E-state index is 0.300. The number of aromatic hydroxyl groups is 1. The van der Waals surface area contributed by atoms with Gasteiger partial charge >= 0.3 is 0 Å². The van der Waals surface area contributed by atoms with Crippen LogP contribution in [-0.4, -0.2) is 11.7 Å². The molecule has 0 aliphatic rings. The zero-order valence-corrected chi connectivity index (χ0v) is 10.1. The van der Waals surface area contributed by atoms with Gasteiger partial charge in [-0.15, -0.1) is 0 Å². The van der Waals surface area contributed by atoms with E-state index in [2.05, 4.69) is 22.9 Å². The normalized spacial score (nSPS) is 12.9. The lowest BCUT2D eigenvalue weighted by Gasteiger charge is -2.14. The Balaban J connectivity index is 3.02. The molecule has 1 unspecified atom stereocenters. The topological polar surface area (TPSA) is 46.2 Å². The van der Waals surface area contributed by atoms with Gasteiger partial charge in [-0.1, -0.05) is 6.92 Å². The van der Waals surface area contributed by atoms with Gasteiger partial charge in [0.15, 0.2) is 0 Å². The first-order valence-corrected chi connectivity index (χ1v) is 5.54. The number of halogens is 1. The van der Waals surface area contributed by atoms with Crippen molar-refractivity contribution in [3.63, 3.8) is 0 Å². The predicted octanol–water partition coefficient (Wildman–Crippen LogP) is 2.92. The molecule has 1 aromatic rings. The van der Waals surface area contributed by atoms with E-state index >= 15 is 0 Å². The first kappa shape index (κ1) is 11.5. The molecule has 0 saturated carbocycles. The Kier molecular flexibility index (Phi) is 3.96. The zero-order chi connectivity index (χ0) is 10.7. The summed E-state index contributed by atoms with van der Waals surface area (Å²) in [4.78, 5) is 0. The third-order valence-electron chi connectivity index (χ3n) is 2.47. The number of aryl methyl sites for hydroxylation is 1. The Labute approximate surface area is 93.3 Å². The third-order valence-corrected chi connectivity index (χ3v) is 3.10. The van der Waals surface area contributed by atoms with E-state index < -0.39 is 0 Å². The lowest BCUT2D eigenvalue weighted by molar-refractivity contribution is 0.470. The second kappa shape index (κ2) is 4.80. The molecule has 14 heavy (non-hydrogen) atoms. The molecule has 0 bridgehead atoms. The highest BCUT2D eigenvalue weighted by atomic mass is 79.9. The van der Waals surface area contributed by atoms with Gasteiger partial charge in [0.05, 0.1) is 4.47 Å². The van der Waals surface area contributed by atoms with Crippen molar-refractivity contribution in [2.75, 3.05) is 6.54 Å². The Bertz CT molecular complexity index is 325. The Hall–Kier alpha value is -0.540. The maximum absolute atomic E-state index is 9.56. The van der Waals surface area contributed by atoms with Crippen molar-refractivity contribution in [2.24, 2.45) is 5.73 Å². The molecule has 0 aromatic heterocycles. The van der Waals surface area contributed by atoms with Crippen LogP contribution in [0.5, 0.6) is 5.75 Å². The van der Waals surface area contributed by atoms with E-state index in [0.29, 0.717) is 18.2 Å². The smallest absolute Gasteiger partial charge is 0.130 e. The summed E-state index contributed by atoms with van der Waals surface area (Å²) in [5.41, 5.74) is 7.88. The molecule has 1 rings (SSSR count). The second-order valence-electron chi connectivity index (χ2n) is 3.64. The highest BCUT2D eigenvalue weighted by molar-refractivity contribution is 9.10. The highest BCUT2D eigenvalue weighted by Crippen LogP contribution is 2.31. The molecule has 0 amide bonds. The van der Waals surface area contributed by atoms with E-state index in [-0.39, 0.29) is 0 Å². The largest absolute Gasteiger partial charge is 0.507 e. The number of hydrogen-bond donors (Lipinski definition) is 2.